The van der Waals surface area contributed by atoms with Crippen molar-refractivity contribution in [3.05, 3.63) is 65.2 Å². The topological polar surface area (TPSA) is 41.9 Å². The fourth-order valence-corrected chi connectivity index (χ4v) is 3.37. The van der Waals surface area contributed by atoms with Crippen LogP contribution in [-0.4, -0.2) is 49.0 Å². The third-order valence-corrected chi connectivity index (χ3v) is 4.84. The maximum absolute atomic E-state index is 13.5. The Kier molecular flexibility index (Phi) is 9.30. The van der Waals surface area contributed by atoms with Crippen LogP contribution < -0.4 is 4.74 Å². The number of aliphatic hydroxyl groups is 1. The molecular weight excluding hydrogens is 400 g/mol. The van der Waals surface area contributed by atoms with E-state index in [4.69, 9.17) is 9.47 Å². The number of halogens is 3. The van der Waals surface area contributed by atoms with Crippen molar-refractivity contribution in [2.75, 3.05) is 32.8 Å². The normalized spacial score (nSPS) is 18.1. The van der Waals surface area contributed by atoms with Gasteiger partial charge in [-0.2, -0.15) is 0 Å². The minimum Gasteiger partial charge on any atom is -0.491 e. The highest BCUT2D eigenvalue weighted by Gasteiger charge is 2.24. The number of aliphatic hydroxyl groups excluding tert-OH is 1. The Morgan fingerprint density at radius 2 is 1.93 bits per heavy atom. The van der Waals surface area contributed by atoms with E-state index in [1.54, 1.807) is 0 Å². The zero-order chi connectivity index (χ0) is 19.9. The number of hydrogen-bond acceptors (Lipinski definition) is 4. The Hall–Kier alpha value is -1.73. The van der Waals surface area contributed by atoms with Crippen LogP contribution in [-0.2, 0) is 11.2 Å². The van der Waals surface area contributed by atoms with Crippen LogP contribution in [0.25, 0.3) is 0 Å². The van der Waals surface area contributed by atoms with Gasteiger partial charge in [-0.25, -0.2) is 8.78 Å². The molecule has 29 heavy (non-hydrogen) atoms. The van der Waals surface area contributed by atoms with Crippen molar-refractivity contribution in [2.24, 2.45) is 0 Å². The minimum atomic E-state index is -0.878. The van der Waals surface area contributed by atoms with E-state index in [-0.39, 0.29) is 25.1 Å². The standard InChI is InChI=1S/C22H27F2NO3.ClH/c1-2-3-16-4-7-19(8-5-16)28-15-18(26)13-25-10-11-27-22(14-25)17-6-9-20(23)21(24)12-17;/h4-9,12,18,22,26H,2-3,10-11,13-15H2,1H3;1H. The van der Waals surface area contributed by atoms with Crippen LogP contribution in [0.1, 0.15) is 30.6 Å². The van der Waals surface area contributed by atoms with Gasteiger partial charge in [0.2, 0.25) is 0 Å². The van der Waals surface area contributed by atoms with Crippen molar-refractivity contribution in [3.8, 4) is 5.75 Å². The number of morpholine rings is 1. The van der Waals surface area contributed by atoms with Crippen LogP contribution in [0, 0.1) is 11.6 Å². The number of aryl methyl sites for hydroxylation is 1. The Morgan fingerprint density at radius 1 is 1.17 bits per heavy atom. The maximum Gasteiger partial charge on any atom is 0.159 e. The van der Waals surface area contributed by atoms with Crippen molar-refractivity contribution in [1.29, 1.82) is 0 Å². The van der Waals surface area contributed by atoms with Crippen molar-refractivity contribution in [3.63, 3.8) is 0 Å². The van der Waals surface area contributed by atoms with Crippen molar-refractivity contribution < 1.29 is 23.4 Å². The second-order valence-corrected chi connectivity index (χ2v) is 7.15. The highest BCUT2D eigenvalue weighted by Crippen LogP contribution is 2.24. The molecule has 1 fully saturated rings. The lowest BCUT2D eigenvalue weighted by atomic mass is 10.1. The van der Waals surface area contributed by atoms with Gasteiger partial charge in [-0.15, -0.1) is 12.4 Å². The Balaban J connectivity index is 0.00000300. The van der Waals surface area contributed by atoms with Gasteiger partial charge in [-0.3, -0.25) is 4.90 Å². The van der Waals surface area contributed by atoms with Gasteiger partial charge in [-0.05, 0) is 41.8 Å². The molecule has 2 aromatic carbocycles. The SMILES string of the molecule is CCCc1ccc(OCC(O)CN2CCOC(c3ccc(F)c(F)c3)C2)cc1.Cl. The molecule has 0 spiro atoms. The first kappa shape index (κ1) is 23.5. The molecular formula is C22H28ClF2NO3. The molecule has 1 aliphatic rings. The summed E-state index contributed by atoms with van der Waals surface area (Å²) >= 11 is 0. The zero-order valence-electron chi connectivity index (χ0n) is 16.5. The maximum atomic E-state index is 13.5. The van der Waals surface area contributed by atoms with E-state index in [9.17, 15) is 13.9 Å². The van der Waals surface area contributed by atoms with Gasteiger partial charge in [-0.1, -0.05) is 31.5 Å². The van der Waals surface area contributed by atoms with Gasteiger partial charge < -0.3 is 14.6 Å². The molecule has 0 radical (unpaired) electrons. The Labute approximate surface area is 176 Å². The summed E-state index contributed by atoms with van der Waals surface area (Å²) in [5.41, 5.74) is 1.87. The lowest BCUT2D eigenvalue weighted by Gasteiger charge is -2.34. The van der Waals surface area contributed by atoms with E-state index in [0.717, 1.165) is 24.7 Å². The zero-order valence-corrected chi connectivity index (χ0v) is 17.3. The van der Waals surface area contributed by atoms with Gasteiger partial charge in [0, 0.05) is 19.6 Å². The largest absolute Gasteiger partial charge is 0.491 e. The minimum absolute atomic E-state index is 0. The summed E-state index contributed by atoms with van der Waals surface area (Å²) in [6.07, 6.45) is 1.14. The highest BCUT2D eigenvalue weighted by molar-refractivity contribution is 5.85. The van der Waals surface area contributed by atoms with Gasteiger partial charge in [0.25, 0.3) is 0 Å². The number of ether oxygens (including phenoxy) is 2. The summed E-state index contributed by atoms with van der Waals surface area (Å²) in [6.45, 7) is 4.41. The average molecular weight is 428 g/mol. The first-order valence-electron chi connectivity index (χ1n) is 9.74. The molecule has 1 aliphatic heterocycles. The summed E-state index contributed by atoms with van der Waals surface area (Å²) in [6, 6.07) is 11.7. The highest BCUT2D eigenvalue weighted by atomic mass is 35.5. The van der Waals surface area contributed by atoms with E-state index >= 15 is 0 Å². The predicted molar refractivity (Wildman–Crippen MR) is 111 cm³/mol. The molecule has 1 saturated heterocycles. The number of β-amino-alcohol motifs (C(OH)–C–C–N with tert-alkyl or cyclic N) is 1. The molecule has 4 nitrogen and oxygen atoms in total. The molecule has 1 heterocycles. The number of nitrogens with zero attached hydrogens (tertiary/aromatic N) is 1. The van der Waals surface area contributed by atoms with Crippen LogP contribution in [0.3, 0.4) is 0 Å². The molecule has 0 saturated carbocycles. The van der Waals surface area contributed by atoms with Crippen molar-refractivity contribution in [1.82, 2.24) is 4.90 Å². The molecule has 7 heteroatoms. The summed E-state index contributed by atoms with van der Waals surface area (Å²) in [5, 5.41) is 10.3. The van der Waals surface area contributed by atoms with Crippen LogP contribution in [0.5, 0.6) is 5.75 Å². The number of hydrogen-bond donors (Lipinski definition) is 1. The Morgan fingerprint density at radius 3 is 2.62 bits per heavy atom. The molecule has 3 rings (SSSR count). The molecule has 0 amide bonds. The molecule has 0 aliphatic carbocycles. The van der Waals surface area contributed by atoms with Gasteiger partial charge in [0.15, 0.2) is 11.6 Å². The lowest BCUT2D eigenvalue weighted by Crippen LogP contribution is -2.43. The van der Waals surface area contributed by atoms with E-state index in [2.05, 4.69) is 6.92 Å². The molecule has 0 aromatic heterocycles. The monoisotopic (exact) mass is 427 g/mol. The fraction of sp³-hybridized carbons (Fsp3) is 0.455. The molecule has 160 valence electrons. The lowest BCUT2D eigenvalue weighted by molar-refractivity contribution is -0.0460. The van der Waals surface area contributed by atoms with Crippen molar-refractivity contribution in [2.45, 2.75) is 32.0 Å². The summed E-state index contributed by atoms with van der Waals surface area (Å²) in [4.78, 5) is 2.05. The van der Waals surface area contributed by atoms with E-state index in [0.29, 0.717) is 31.8 Å². The second kappa shape index (κ2) is 11.5. The van der Waals surface area contributed by atoms with Crippen molar-refractivity contribution >= 4 is 12.4 Å². The number of benzene rings is 2. The third kappa shape index (κ3) is 6.93. The molecule has 2 unspecified atom stereocenters. The van der Waals surface area contributed by atoms with Gasteiger partial charge in [0.05, 0.1) is 12.7 Å². The molecule has 2 atom stereocenters. The van der Waals surface area contributed by atoms with Gasteiger partial charge in [0.1, 0.15) is 18.5 Å². The summed E-state index contributed by atoms with van der Waals surface area (Å²) in [7, 11) is 0. The number of rotatable bonds is 8. The smallest absolute Gasteiger partial charge is 0.159 e. The quantitative estimate of drug-likeness (QED) is 0.687. The predicted octanol–water partition coefficient (Wildman–Crippen LogP) is 4.15. The van der Waals surface area contributed by atoms with Crippen LogP contribution in [0.15, 0.2) is 42.5 Å². The van der Waals surface area contributed by atoms with Crippen LogP contribution in [0.2, 0.25) is 0 Å². The van der Waals surface area contributed by atoms with E-state index in [1.165, 1.54) is 17.7 Å². The second-order valence-electron chi connectivity index (χ2n) is 7.15. The summed E-state index contributed by atoms with van der Waals surface area (Å²) < 4.78 is 38.0. The first-order chi connectivity index (χ1) is 13.5. The van der Waals surface area contributed by atoms with Crippen LogP contribution >= 0.6 is 12.4 Å². The average Bonchev–Trinajstić information content (AvgIpc) is 2.70. The fourth-order valence-electron chi connectivity index (χ4n) is 3.37. The molecule has 1 N–H and O–H groups in total. The van der Waals surface area contributed by atoms with Crippen LogP contribution in [0.4, 0.5) is 8.78 Å². The summed E-state index contributed by atoms with van der Waals surface area (Å²) in [5.74, 6) is -1.01. The van der Waals surface area contributed by atoms with E-state index < -0.39 is 17.7 Å². The first-order valence-corrected chi connectivity index (χ1v) is 9.74. The van der Waals surface area contributed by atoms with E-state index in [1.807, 2.05) is 29.2 Å². The Bertz CT molecular complexity index is 760. The van der Waals surface area contributed by atoms with Gasteiger partial charge >= 0.3 is 0 Å². The molecule has 2 aromatic rings. The molecule has 0 bridgehead atoms. The third-order valence-electron chi connectivity index (χ3n) is 4.84.